The summed E-state index contributed by atoms with van der Waals surface area (Å²) in [5.74, 6) is -1.46. The van der Waals surface area contributed by atoms with Crippen molar-refractivity contribution in [3.8, 4) is 0 Å². The molecule has 0 fully saturated rings. The lowest BCUT2D eigenvalue weighted by Gasteiger charge is -2.22. The van der Waals surface area contributed by atoms with E-state index in [1.54, 1.807) is 18.2 Å². The van der Waals surface area contributed by atoms with Gasteiger partial charge in [0, 0.05) is 23.5 Å². The summed E-state index contributed by atoms with van der Waals surface area (Å²) < 4.78 is 9.62. The number of fused-ring (bicyclic) bond motifs is 1. The second-order valence-electron chi connectivity index (χ2n) is 9.21. The largest absolute Gasteiger partial charge is 0.469 e. The van der Waals surface area contributed by atoms with Crippen LogP contribution in [0.1, 0.15) is 31.2 Å². The van der Waals surface area contributed by atoms with Gasteiger partial charge in [0.15, 0.2) is 0 Å². The molecule has 2 aromatic carbocycles. The molecule has 0 spiro atoms. The minimum atomic E-state index is -0.868. The fraction of sp³-hybridized carbons (Fsp3) is 0.393. The number of hydrogen-bond donors (Lipinski definition) is 4. The Morgan fingerprint density at radius 3 is 2.49 bits per heavy atom. The first kappa shape index (κ1) is 31.6. The number of para-hydroxylation sites is 2. The van der Waals surface area contributed by atoms with Crippen molar-refractivity contribution in [2.75, 3.05) is 27.3 Å². The molecule has 0 aliphatic carbocycles. The summed E-state index contributed by atoms with van der Waals surface area (Å²) in [7, 11) is 2.54. The van der Waals surface area contributed by atoms with Crippen molar-refractivity contribution in [3.63, 3.8) is 0 Å². The molecule has 2 atom stereocenters. The van der Waals surface area contributed by atoms with Crippen LogP contribution in [0, 0.1) is 10.1 Å². The molecular weight excluding hydrogens is 550 g/mol. The summed E-state index contributed by atoms with van der Waals surface area (Å²) in [5.41, 5.74) is 7.10. The minimum Gasteiger partial charge on any atom is -0.469 e. The number of methoxy groups -OCH3 is 2. The highest BCUT2D eigenvalue weighted by Crippen LogP contribution is 2.39. The number of nitro groups is 1. The van der Waals surface area contributed by atoms with Crippen LogP contribution in [-0.4, -0.2) is 67.1 Å². The second kappa shape index (κ2) is 15.7. The minimum absolute atomic E-state index is 0.0307. The number of benzene rings is 2. The molecule has 220 valence electrons. The van der Waals surface area contributed by atoms with Gasteiger partial charge in [-0.25, -0.2) is 4.79 Å². The zero-order chi connectivity index (χ0) is 29.8. The Labute approximate surface area is 241 Å². The zero-order valence-corrected chi connectivity index (χ0v) is 23.8. The topological polar surface area (TPSA) is 179 Å². The SMILES string of the molecule is COC(=O)CCN[C@@H](Cc1c(Sc2ccccc2[N+](=O)[O-])[nH]c2ccccc12)C(=O)N[C@@H](CCCCN)C(=O)OC. The summed E-state index contributed by atoms with van der Waals surface area (Å²) in [6, 6.07) is 12.2. The van der Waals surface area contributed by atoms with Crippen molar-refractivity contribution in [2.45, 2.75) is 54.1 Å². The van der Waals surface area contributed by atoms with Gasteiger partial charge in [-0.3, -0.25) is 19.7 Å². The molecule has 0 bridgehead atoms. The maximum atomic E-state index is 13.6. The lowest BCUT2D eigenvalue weighted by atomic mass is 10.0. The normalized spacial score (nSPS) is 12.5. The summed E-state index contributed by atoms with van der Waals surface area (Å²) in [5, 5.41) is 19.0. The number of nitrogens with one attached hydrogen (secondary N) is 3. The van der Waals surface area contributed by atoms with Gasteiger partial charge < -0.3 is 30.8 Å². The monoisotopic (exact) mass is 585 g/mol. The molecule has 3 rings (SSSR count). The number of hydrogen-bond acceptors (Lipinski definition) is 10. The van der Waals surface area contributed by atoms with Gasteiger partial charge >= 0.3 is 11.9 Å². The molecule has 0 radical (unpaired) electrons. The van der Waals surface area contributed by atoms with Crippen LogP contribution < -0.4 is 16.4 Å². The van der Waals surface area contributed by atoms with Crippen molar-refractivity contribution in [1.82, 2.24) is 15.6 Å². The third-order valence-electron chi connectivity index (χ3n) is 6.47. The van der Waals surface area contributed by atoms with E-state index in [0.717, 1.165) is 16.5 Å². The number of amides is 1. The number of unbranched alkanes of at least 4 members (excludes halogenated alkanes) is 1. The number of rotatable bonds is 16. The van der Waals surface area contributed by atoms with Gasteiger partial charge in [0.2, 0.25) is 5.91 Å². The van der Waals surface area contributed by atoms with Crippen LogP contribution in [0.2, 0.25) is 0 Å². The molecule has 41 heavy (non-hydrogen) atoms. The number of nitro benzene ring substituents is 1. The van der Waals surface area contributed by atoms with E-state index in [-0.39, 0.29) is 25.1 Å². The van der Waals surface area contributed by atoms with E-state index in [1.165, 1.54) is 32.0 Å². The molecule has 0 saturated carbocycles. The zero-order valence-electron chi connectivity index (χ0n) is 23.0. The van der Waals surface area contributed by atoms with Crippen molar-refractivity contribution >= 4 is 46.2 Å². The predicted molar refractivity (Wildman–Crippen MR) is 154 cm³/mol. The van der Waals surface area contributed by atoms with Crippen LogP contribution >= 0.6 is 11.8 Å². The van der Waals surface area contributed by atoms with Crippen LogP contribution in [0.3, 0.4) is 0 Å². The number of nitrogens with two attached hydrogens (primary N) is 1. The molecule has 0 aliphatic heterocycles. The summed E-state index contributed by atoms with van der Waals surface area (Å²) in [6.45, 7) is 0.607. The van der Waals surface area contributed by atoms with Crippen LogP contribution in [0.15, 0.2) is 58.5 Å². The second-order valence-corrected chi connectivity index (χ2v) is 10.3. The van der Waals surface area contributed by atoms with Gasteiger partial charge in [-0.15, -0.1) is 0 Å². The van der Waals surface area contributed by atoms with Gasteiger partial charge in [0.1, 0.15) is 6.04 Å². The smallest absolute Gasteiger partial charge is 0.328 e. The molecule has 5 N–H and O–H groups in total. The highest BCUT2D eigenvalue weighted by Gasteiger charge is 2.28. The van der Waals surface area contributed by atoms with Crippen LogP contribution in [0.25, 0.3) is 10.9 Å². The molecular formula is C28H35N5O7S. The Morgan fingerprint density at radius 1 is 1.05 bits per heavy atom. The van der Waals surface area contributed by atoms with Gasteiger partial charge in [0.05, 0.1) is 41.5 Å². The van der Waals surface area contributed by atoms with Crippen molar-refractivity contribution in [1.29, 1.82) is 0 Å². The summed E-state index contributed by atoms with van der Waals surface area (Å²) >= 11 is 1.20. The summed E-state index contributed by atoms with van der Waals surface area (Å²) in [4.78, 5) is 52.8. The molecule has 12 nitrogen and oxygen atoms in total. The molecule has 0 aliphatic rings. The fourth-order valence-electron chi connectivity index (χ4n) is 4.34. The average Bonchev–Trinajstić information content (AvgIpc) is 3.32. The lowest BCUT2D eigenvalue weighted by molar-refractivity contribution is -0.387. The first-order valence-electron chi connectivity index (χ1n) is 13.2. The molecule has 13 heteroatoms. The quantitative estimate of drug-likeness (QED) is 0.0845. The molecule has 1 amide bonds. The Bertz CT molecular complexity index is 1360. The van der Waals surface area contributed by atoms with Gasteiger partial charge in [-0.2, -0.15) is 0 Å². The third-order valence-corrected chi connectivity index (χ3v) is 7.59. The van der Waals surface area contributed by atoms with Gasteiger partial charge in [-0.05, 0) is 49.9 Å². The molecule has 1 aromatic heterocycles. The molecule has 0 unspecified atom stereocenters. The van der Waals surface area contributed by atoms with E-state index in [2.05, 4.69) is 15.6 Å². The molecule has 1 heterocycles. The third kappa shape index (κ3) is 8.77. The highest BCUT2D eigenvalue weighted by atomic mass is 32.2. The fourth-order valence-corrected chi connectivity index (χ4v) is 5.43. The first-order chi connectivity index (χ1) is 19.8. The first-order valence-corrected chi connectivity index (χ1v) is 14.0. The molecule has 0 saturated heterocycles. The lowest BCUT2D eigenvalue weighted by Crippen LogP contribution is -2.51. The Hall–Kier alpha value is -3.94. The van der Waals surface area contributed by atoms with E-state index in [0.29, 0.717) is 35.7 Å². The Morgan fingerprint density at radius 2 is 1.78 bits per heavy atom. The number of nitrogens with zero attached hydrogens (tertiary/aromatic N) is 1. The summed E-state index contributed by atoms with van der Waals surface area (Å²) in [6.07, 6.45) is 1.86. The maximum Gasteiger partial charge on any atom is 0.328 e. The van der Waals surface area contributed by atoms with Crippen LogP contribution in [0.4, 0.5) is 5.69 Å². The molecule has 3 aromatic rings. The van der Waals surface area contributed by atoms with E-state index in [1.807, 2.05) is 24.3 Å². The number of esters is 2. The van der Waals surface area contributed by atoms with Crippen LogP contribution in [-0.2, 0) is 30.3 Å². The number of aromatic nitrogens is 1. The average molecular weight is 586 g/mol. The number of H-pyrrole nitrogens is 1. The van der Waals surface area contributed by atoms with Gasteiger partial charge in [-0.1, -0.05) is 42.1 Å². The van der Waals surface area contributed by atoms with Gasteiger partial charge in [0.25, 0.3) is 5.69 Å². The Kier molecular flexibility index (Phi) is 12.1. The highest BCUT2D eigenvalue weighted by molar-refractivity contribution is 7.99. The number of carbonyl (C=O) groups is 3. The Balaban J connectivity index is 1.95. The van der Waals surface area contributed by atoms with E-state index in [4.69, 9.17) is 15.2 Å². The van der Waals surface area contributed by atoms with E-state index in [9.17, 15) is 24.5 Å². The van der Waals surface area contributed by atoms with Crippen molar-refractivity contribution in [2.24, 2.45) is 5.73 Å². The number of ether oxygens (including phenoxy) is 2. The van der Waals surface area contributed by atoms with Crippen molar-refractivity contribution in [3.05, 3.63) is 64.2 Å². The van der Waals surface area contributed by atoms with E-state index < -0.39 is 34.9 Å². The van der Waals surface area contributed by atoms with E-state index >= 15 is 0 Å². The standard InChI is InChI=1S/C28H35N5O7S/c1-39-25(34)14-16-30-22(26(35)31-21(28(36)40-2)11-7-8-15-29)17-19-18-9-3-4-10-20(18)32-27(19)41-24-13-6-5-12-23(24)33(37)38/h3-6,9-10,12-13,21-22,30,32H,7-8,11,14-17,29H2,1-2H3,(H,31,35)/t21-,22-/m0/s1. The predicted octanol–water partition coefficient (Wildman–Crippen LogP) is 3.08. The number of carbonyl (C=O) groups excluding carboxylic acids is 3. The van der Waals surface area contributed by atoms with Crippen molar-refractivity contribution < 1.29 is 28.8 Å². The maximum absolute atomic E-state index is 13.6. The van der Waals surface area contributed by atoms with Crippen LogP contribution in [0.5, 0.6) is 0 Å². The number of aromatic amines is 1.